The molecule has 1 N–H and O–H groups in total. The van der Waals surface area contributed by atoms with E-state index in [1.165, 1.54) is 32.6 Å². The summed E-state index contributed by atoms with van der Waals surface area (Å²) in [6.07, 6.45) is 2.77. The zero-order valence-electron chi connectivity index (χ0n) is 19.1. The lowest BCUT2D eigenvalue weighted by Gasteiger charge is -2.09. The number of benzene rings is 3. The summed E-state index contributed by atoms with van der Waals surface area (Å²) in [5.41, 5.74) is 2.40. The minimum Gasteiger partial charge on any atom is -0.497 e. The van der Waals surface area contributed by atoms with Crippen LogP contribution >= 0.6 is 11.3 Å². The molecule has 10 heteroatoms. The number of aromatic nitrogens is 1. The number of hydrogen-bond acceptors (Lipinski definition) is 9. The van der Waals surface area contributed by atoms with Crippen molar-refractivity contribution in [1.82, 2.24) is 4.98 Å². The van der Waals surface area contributed by atoms with Crippen molar-refractivity contribution in [2.75, 3.05) is 26.6 Å². The van der Waals surface area contributed by atoms with Gasteiger partial charge in [-0.15, -0.1) is 11.3 Å². The smallest absolute Gasteiger partial charge is 0.315 e. The second kappa shape index (κ2) is 10.2. The van der Waals surface area contributed by atoms with E-state index in [9.17, 15) is 14.9 Å². The molecule has 1 aromatic heterocycles. The number of fused-ring (bicyclic) bond motifs is 1. The first-order chi connectivity index (χ1) is 16.9. The highest BCUT2D eigenvalue weighted by molar-refractivity contribution is 7.21. The SMILES string of the molecule is COc1ccc2nc(-c3ccc(N/C=C\C(=O)c4cc(OC)c(OC)c([N+](=O)[O-])c4)cc3)sc2c1. The number of methoxy groups -OCH3 is 3. The molecule has 0 saturated heterocycles. The maximum Gasteiger partial charge on any atom is 0.315 e. The molecule has 4 rings (SSSR count). The number of rotatable bonds is 9. The highest BCUT2D eigenvalue weighted by Crippen LogP contribution is 2.38. The summed E-state index contributed by atoms with van der Waals surface area (Å²) < 4.78 is 16.5. The van der Waals surface area contributed by atoms with Crippen LogP contribution in [0.5, 0.6) is 17.2 Å². The van der Waals surface area contributed by atoms with Crippen LogP contribution in [-0.2, 0) is 0 Å². The van der Waals surface area contributed by atoms with E-state index >= 15 is 0 Å². The van der Waals surface area contributed by atoms with Crippen molar-refractivity contribution in [3.8, 4) is 27.8 Å². The van der Waals surface area contributed by atoms with Gasteiger partial charge in [0.15, 0.2) is 11.5 Å². The van der Waals surface area contributed by atoms with Crippen molar-refractivity contribution in [2.24, 2.45) is 0 Å². The van der Waals surface area contributed by atoms with Gasteiger partial charge in [0.2, 0.25) is 5.75 Å². The molecule has 0 unspecified atom stereocenters. The molecule has 0 spiro atoms. The second-order valence-corrected chi connectivity index (χ2v) is 8.29. The minimum absolute atomic E-state index is 0.0384. The largest absolute Gasteiger partial charge is 0.497 e. The first-order valence-corrected chi connectivity index (χ1v) is 11.2. The number of ether oxygens (including phenoxy) is 3. The Morgan fingerprint density at radius 2 is 1.80 bits per heavy atom. The van der Waals surface area contributed by atoms with Gasteiger partial charge in [0, 0.05) is 35.2 Å². The maximum atomic E-state index is 12.6. The van der Waals surface area contributed by atoms with Gasteiger partial charge in [-0.1, -0.05) is 0 Å². The fraction of sp³-hybridized carbons (Fsp3) is 0.120. The van der Waals surface area contributed by atoms with Gasteiger partial charge in [-0.25, -0.2) is 4.98 Å². The van der Waals surface area contributed by atoms with Crippen molar-refractivity contribution in [1.29, 1.82) is 0 Å². The Morgan fingerprint density at radius 3 is 2.46 bits per heavy atom. The van der Waals surface area contributed by atoms with Crippen LogP contribution in [-0.4, -0.2) is 37.0 Å². The summed E-state index contributed by atoms with van der Waals surface area (Å²) in [6, 6.07) is 16.0. The number of nitro benzene ring substituents is 1. The maximum absolute atomic E-state index is 12.6. The Morgan fingerprint density at radius 1 is 1.03 bits per heavy atom. The molecular weight excluding hydrogens is 470 g/mol. The number of ketones is 1. The Bertz CT molecular complexity index is 1430. The molecule has 0 aliphatic rings. The number of anilines is 1. The van der Waals surface area contributed by atoms with Crippen LogP contribution in [0.2, 0.25) is 0 Å². The van der Waals surface area contributed by atoms with Crippen molar-refractivity contribution in [2.45, 2.75) is 0 Å². The first kappa shape index (κ1) is 23.7. The normalized spacial score (nSPS) is 10.9. The van der Waals surface area contributed by atoms with E-state index in [1.54, 1.807) is 18.4 Å². The summed E-state index contributed by atoms with van der Waals surface area (Å²) >= 11 is 1.58. The van der Waals surface area contributed by atoms with Crippen LogP contribution in [0.15, 0.2) is 66.9 Å². The third-order valence-corrected chi connectivity index (χ3v) is 6.22. The summed E-state index contributed by atoms with van der Waals surface area (Å²) in [5.74, 6) is 0.429. The van der Waals surface area contributed by atoms with Gasteiger partial charge in [0.1, 0.15) is 10.8 Å². The number of hydrogen-bond donors (Lipinski definition) is 1. The van der Waals surface area contributed by atoms with Crippen molar-refractivity contribution >= 4 is 38.7 Å². The van der Waals surface area contributed by atoms with Crippen LogP contribution in [0, 0.1) is 10.1 Å². The summed E-state index contributed by atoms with van der Waals surface area (Å²) in [7, 11) is 4.28. The lowest BCUT2D eigenvalue weighted by Crippen LogP contribution is -2.02. The Balaban J connectivity index is 1.47. The number of nitrogens with one attached hydrogen (secondary N) is 1. The third kappa shape index (κ3) is 5.07. The van der Waals surface area contributed by atoms with Crippen LogP contribution in [0.25, 0.3) is 20.8 Å². The Kier molecular flexibility index (Phi) is 6.93. The molecule has 0 atom stereocenters. The molecule has 0 aliphatic heterocycles. The van der Waals surface area contributed by atoms with E-state index in [2.05, 4.69) is 10.3 Å². The van der Waals surface area contributed by atoms with E-state index < -0.39 is 10.7 Å². The lowest BCUT2D eigenvalue weighted by atomic mass is 10.1. The van der Waals surface area contributed by atoms with E-state index in [0.717, 1.165) is 38.3 Å². The third-order valence-electron chi connectivity index (χ3n) is 5.15. The minimum atomic E-state index is -0.621. The number of allylic oxidation sites excluding steroid dienone is 1. The quantitative estimate of drug-likeness (QED) is 0.137. The van der Waals surface area contributed by atoms with Crippen molar-refractivity contribution in [3.05, 3.63) is 82.6 Å². The number of nitro groups is 1. The standard InChI is InChI=1S/C25H21N3O6S/c1-32-18-8-9-19-23(14-18)35-25(27-19)15-4-6-17(7-5-15)26-11-10-21(29)16-12-20(28(30)31)24(34-3)22(13-16)33-2/h4-14,26H,1-3H3/b11-10-. The van der Waals surface area contributed by atoms with Gasteiger partial charge in [0.05, 0.1) is 36.5 Å². The van der Waals surface area contributed by atoms with Crippen molar-refractivity contribution in [3.63, 3.8) is 0 Å². The number of nitrogens with zero attached hydrogens (tertiary/aromatic N) is 2. The van der Waals surface area contributed by atoms with Gasteiger partial charge in [-0.3, -0.25) is 14.9 Å². The molecule has 0 amide bonds. The predicted octanol–water partition coefficient (Wildman–Crippen LogP) is 5.71. The highest BCUT2D eigenvalue weighted by Gasteiger charge is 2.23. The Hall–Kier alpha value is -4.44. The first-order valence-electron chi connectivity index (χ1n) is 10.4. The van der Waals surface area contributed by atoms with Gasteiger partial charge in [-0.2, -0.15) is 0 Å². The molecule has 0 bridgehead atoms. The molecule has 9 nitrogen and oxygen atoms in total. The van der Waals surface area contributed by atoms with Crippen LogP contribution in [0.4, 0.5) is 11.4 Å². The summed E-state index contributed by atoms with van der Waals surface area (Å²) in [4.78, 5) is 28.0. The lowest BCUT2D eigenvalue weighted by molar-refractivity contribution is -0.385. The summed E-state index contributed by atoms with van der Waals surface area (Å²) in [6.45, 7) is 0. The van der Waals surface area contributed by atoms with Crippen LogP contribution < -0.4 is 19.5 Å². The van der Waals surface area contributed by atoms with E-state index in [1.807, 2.05) is 42.5 Å². The number of thiazole rings is 1. The molecular formula is C25H21N3O6S. The number of carbonyl (C=O) groups is 1. The van der Waals surface area contributed by atoms with Crippen LogP contribution in [0.3, 0.4) is 0 Å². The highest BCUT2D eigenvalue weighted by atomic mass is 32.1. The zero-order chi connectivity index (χ0) is 24.9. The van der Waals surface area contributed by atoms with Gasteiger partial charge in [-0.05, 0) is 48.5 Å². The molecule has 0 aliphatic carbocycles. The second-order valence-electron chi connectivity index (χ2n) is 7.26. The average Bonchev–Trinajstić information content (AvgIpc) is 3.31. The van der Waals surface area contributed by atoms with E-state index in [-0.39, 0.29) is 22.7 Å². The average molecular weight is 492 g/mol. The van der Waals surface area contributed by atoms with Gasteiger partial charge >= 0.3 is 5.69 Å². The fourth-order valence-electron chi connectivity index (χ4n) is 3.40. The summed E-state index contributed by atoms with van der Waals surface area (Å²) in [5, 5.41) is 15.3. The zero-order valence-corrected chi connectivity index (χ0v) is 19.9. The monoisotopic (exact) mass is 491 g/mol. The van der Waals surface area contributed by atoms with Gasteiger partial charge < -0.3 is 19.5 Å². The topological polar surface area (TPSA) is 113 Å². The molecule has 35 heavy (non-hydrogen) atoms. The molecule has 1 heterocycles. The molecule has 0 radical (unpaired) electrons. The molecule has 178 valence electrons. The fourth-order valence-corrected chi connectivity index (χ4v) is 4.40. The molecule has 0 saturated carbocycles. The van der Waals surface area contributed by atoms with E-state index in [4.69, 9.17) is 14.2 Å². The molecule has 3 aromatic carbocycles. The van der Waals surface area contributed by atoms with Gasteiger partial charge in [0.25, 0.3) is 0 Å². The predicted molar refractivity (Wildman–Crippen MR) is 135 cm³/mol. The van der Waals surface area contributed by atoms with E-state index in [0.29, 0.717) is 0 Å². The molecule has 4 aromatic rings. The van der Waals surface area contributed by atoms with Crippen molar-refractivity contribution < 1.29 is 23.9 Å². The number of carbonyl (C=O) groups excluding carboxylic acids is 1. The molecule has 0 fully saturated rings. The van der Waals surface area contributed by atoms with Crippen LogP contribution in [0.1, 0.15) is 10.4 Å². The Labute approximate surface area is 204 Å².